The summed E-state index contributed by atoms with van der Waals surface area (Å²) in [5.74, 6) is -0.329. The Morgan fingerprint density at radius 2 is 2.14 bits per heavy atom. The fraction of sp³-hybridized carbons (Fsp3) is 0.100. The summed E-state index contributed by atoms with van der Waals surface area (Å²) >= 11 is 3.20. The predicted octanol–water partition coefficient (Wildman–Crippen LogP) is 2.89. The normalized spacial score (nSPS) is 10.8. The van der Waals surface area contributed by atoms with Gasteiger partial charge in [0, 0.05) is 16.9 Å². The highest BCUT2D eigenvalue weighted by Gasteiger charge is 2.10. The van der Waals surface area contributed by atoms with Crippen LogP contribution >= 0.6 is 15.9 Å². The van der Waals surface area contributed by atoms with Crippen LogP contribution in [-0.4, -0.2) is 10.9 Å². The van der Waals surface area contributed by atoms with Crippen molar-refractivity contribution in [1.82, 2.24) is 4.57 Å². The third-order valence-electron chi connectivity index (χ3n) is 2.20. The Labute approximate surface area is 88.5 Å². The molecule has 2 aromatic rings. The lowest BCUT2D eigenvalue weighted by Crippen LogP contribution is -1.95. The average Bonchev–Trinajstić information content (AvgIpc) is 2.42. The van der Waals surface area contributed by atoms with E-state index >= 15 is 0 Å². The highest BCUT2D eigenvalue weighted by Crippen LogP contribution is 2.25. The molecule has 2 rings (SSSR count). The topological polar surface area (TPSA) is 22.0 Å². The number of rotatable bonds is 1. The first-order chi connectivity index (χ1) is 6.63. The molecule has 0 radical (unpaired) electrons. The molecule has 0 atom stereocenters. The number of carbonyl (C=O) groups excluding carboxylic acids is 1. The number of hydrogen-bond donors (Lipinski definition) is 0. The van der Waals surface area contributed by atoms with Gasteiger partial charge in [-0.25, -0.2) is 4.39 Å². The van der Waals surface area contributed by atoms with E-state index in [0.717, 1.165) is 5.39 Å². The van der Waals surface area contributed by atoms with E-state index in [1.165, 1.54) is 6.07 Å². The van der Waals surface area contributed by atoms with Crippen molar-refractivity contribution in [3.05, 3.63) is 34.2 Å². The van der Waals surface area contributed by atoms with Gasteiger partial charge >= 0.3 is 0 Å². The molecular weight excluding hydrogens is 249 g/mol. The van der Waals surface area contributed by atoms with E-state index in [1.807, 2.05) is 0 Å². The van der Waals surface area contributed by atoms with E-state index in [2.05, 4.69) is 15.9 Å². The zero-order valence-electron chi connectivity index (χ0n) is 7.42. The van der Waals surface area contributed by atoms with Gasteiger partial charge in [0.25, 0.3) is 0 Å². The van der Waals surface area contributed by atoms with Crippen LogP contribution in [0.3, 0.4) is 0 Å². The SMILES string of the molecule is Cn1c(C=O)cc2cc(Br)cc(F)c21. The zero-order valence-corrected chi connectivity index (χ0v) is 9.01. The summed E-state index contributed by atoms with van der Waals surface area (Å²) in [7, 11) is 1.67. The van der Waals surface area contributed by atoms with Crippen LogP contribution in [0.4, 0.5) is 4.39 Å². The molecule has 1 heterocycles. The van der Waals surface area contributed by atoms with Crippen LogP contribution < -0.4 is 0 Å². The van der Waals surface area contributed by atoms with Crippen LogP contribution in [0.2, 0.25) is 0 Å². The Kier molecular flexibility index (Phi) is 2.15. The maximum Gasteiger partial charge on any atom is 0.166 e. The molecule has 0 spiro atoms. The lowest BCUT2D eigenvalue weighted by atomic mass is 10.2. The van der Waals surface area contributed by atoms with Gasteiger partial charge < -0.3 is 4.57 Å². The van der Waals surface area contributed by atoms with Crippen molar-refractivity contribution in [3.63, 3.8) is 0 Å². The van der Waals surface area contributed by atoms with E-state index in [-0.39, 0.29) is 5.82 Å². The smallest absolute Gasteiger partial charge is 0.166 e. The molecule has 0 unspecified atom stereocenters. The molecule has 0 saturated heterocycles. The molecule has 0 bridgehead atoms. The molecule has 14 heavy (non-hydrogen) atoms. The zero-order chi connectivity index (χ0) is 10.3. The minimum absolute atomic E-state index is 0.329. The molecule has 0 aliphatic carbocycles. The standard InChI is InChI=1S/C10H7BrFNO/c1-13-8(5-14)3-6-2-7(11)4-9(12)10(6)13/h2-5H,1H3. The van der Waals surface area contributed by atoms with Gasteiger partial charge in [-0.15, -0.1) is 0 Å². The molecule has 0 amide bonds. The maximum absolute atomic E-state index is 13.5. The number of aldehydes is 1. The summed E-state index contributed by atoms with van der Waals surface area (Å²) in [6.45, 7) is 0. The first kappa shape index (κ1) is 9.40. The first-order valence-corrected chi connectivity index (χ1v) is 4.82. The first-order valence-electron chi connectivity index (χ1n) is 4.03. The van der Waals surface area contributed by atoms with Gasteiger partial charge in [0.15, 0.2) is 6.29 Å². The number of hydrogen-bond acceptors (Lipinski definition) is 1. The minimum atomic E-state index is -0.329. The number of aromatic nitrogens is 1. The van der Waals surface area contributed by atoms with Crippen molar-refractivity contribution in [2.75, 3.05) is 0 Å². The number of fused-ring (bicyclic) bond motifs is 1. The lowest BCUT2D eigenvalue weighted by molar-refractivity contribution is 0.111. The van der Waals surface area contributed by atoms with Gasteiger partial charge in [-0.3, -0.25) is 4.79 Å². The molecular formula is C10H7BrFNO. The summed E-state index contributed by atoms with van der Waals surface area (Å²) < 4.78 is 15.7. The number of benzene rings is 1. The Balaban J connectivity index is 2.92. The van der Waals surface area contributed by atoms with Gasteiger partial charge in [-0.2, -0.15) is 0 Å². The highest BCUT2D eigenvalue weighted by atomic mass is 79.9. The van der Waals surface area contributed by atoms with E-state index in [9.17, 15) is 9.18 Å². The van der Waals surface area contributed by atoms with Crippen molar-refractivity contribution in [1.29, 1.82) is 0 Å². The van der Waals surface area contributed by atoms with Gasteiger partial charge in [0.05, 0.1) is 11.2 Å². The van der Waals surface area contributed by atoms with Gasteiger partial charge in [0.1, 0.15) is 5.82 Å². The molecule has 0 N–H and O–H groups in total. The fourth-order valence-corrected chi connectivity index (χ4v) is 2.00. The third-order valence-corrected chi connectivity index (χ3v) is 2.66. The van der Waals surface area contributed by atoms with Crippen LogP contribution in [-0.2, 0) is 7.05 Å². The van der Waals surface area contributed by atoms with Crippen LogP contribution in [0.15, 0.2) is 22.7 Å². The van der Waals surface area contributed by atoms with Gasteiger partial charge in [-0.05, 0) is 18.2 Å². The second-order valence-electron chi connectivity index (χ2n) is 3.07. The minimum Gasteiger partial charge on any atom is -0.339 e. The average molecular weight is 256 g/mol. The lowest BCUT2D eigenvalue weighted by Gasteiger charge is -1.99. The molecule has 1 aromatic heterocycles. The molecule has 0 aliphatic heterocycles. The summed E-state index contributed by atoms with van der Waals surface area (Å²) in [5.41, 5.74) is 0.923. The molecule has 2 nitrogen and oxygen atoms in total. The second-order valence-corrected chi connectivity index (χ2v) is 3.99. The third kappa shape index (κ3) is 1.26. The van der Waals surface area contributed by atoms with Crippen LogP contribution in [0.25, 0.3) is 10.9 Å². The molecule has 72 valence electrons. The molecule has 1 aromatic carbocycles. The number of halogens is 2. The molecule has 4 heteroatoms. The summed E-state index contributed by atoms with van der Waals surface area (Å²) in [6.07, 6.45) is 0.716. The molecule has 0 saturated carbocycles. The summed E-state index contributed by atoms with van der Waals surface area (Å²) in [4.78, 5) is 10.6. The summed E-state index contributed by atoms with van der Waals surface area (Å²) in [6, 6.07) is 4.83. The van der Waals surface area contributed by atoms with Crippen molar-refractivity contribution < 1.29 is 9.18 Å². The number of aryl methyl sites for hydroxylation is 1. The Bertz CT molecular complexity index is 518. The number of carbonyl (C=O) groups is 1. The molecule has 0 fully saturated rings. The van der Waals surface area contributed by atoms with Crippen molar-refractivity contribution in [2.45, 2.75) is 0 Å². The van der Waals surface area contributed by atoms with Crippen LogP contribution in [0.5, 0.6) is 0 Å². The second kappa shape index (κ2) is 3.20. The Hall–Kier alpha value is -1.16. The fourth-order valence-electron chi connectivity index (χ4n) is 1.55. The van der Waals surface area contributed by atoms with Crippen LogP contribution in [0.1, 0.15) is 10.5 Å². The van der Waals surface area contributed by atoms with E-state index in [1.54, 1.807) is 23.7 Å². The van der Waals surface area contributed by atoms with E-state index in [4.69, 9.17) is 0 Å². The van der Waals surface area contributed by atoms with E-state index < -0.39 is 0 Å². The molecule has 0 aliphatic rings. The monoisotopic (exact) mass is 255 g/mol. The maximum atomic E-state index is 13.5. The van der Waals surface area contributed by atoms with Crippen molar-refractivity contribution in [3.8, 4) is 0 Å². The Morgan fingerprint density at radius 3 is 2.79 bits per heavy atom. The van der Waals surface area contributed by atoms with Gasteiger partial charge in [-0.1, -0.05) is 15.9 Å². The van der Waals surface area contributed by atoms with Crippen molar-refractivity contribution >= 4 is 33.1 Å². The summed E-state index contributed by atoms with van der Waals surface area (Å²) in [5, 5.41) is 0.724. The highest BCUT2D eigenvalue weighted by molar-refractivity contribution is 9.10. The van der Waals surface area contributed by atoms with Crippen LogP contribution in [0, 0.1) is 5.82 Å². The van der Waals surface area contributed by atoms with E-state index in [0.29, 0.717) is 22.0 Å². The Morgan fingerprint density at radius 1 is 1.43 bits per heavy atom. The van der Waals surface area contributed by atoms with Gasteiger partial charge in [0.2, 0.25) is 0 Å². The quantitative estimate of drug-likeness (QED) is 0.719. The largest absolute Gasteiger partial charge is 0.339 e. The number of nitrogens with zero attached hydrogens (tertiary/aromatic N) is 1. The predicted molar refractivity (Wildman–Crippen MR) is 56.0 cm³/mol. The van der Waals surface area contributed by atoms with Crippen molar-refractivity contribution in [2.24, 2.45) is 7.05 Å².